The minimum atomic E-state index is -0.463. The maximum absolute atomic E-state index is 5.99. The smallest absolute Gasteiger partial charge is 0.166 e. The Kier molecular flexibility index (Phi) is 3.60. The topological polar surface area (TPSA) is 104 Å². The summed E-state index contributed by atoms with van der Waals surface area (Å²) in [6.07, 6.45) is 4.17. The molecule has 0 radical (unpaired) electrons. The molecular formula is C21H25N7O2. The van der Waals surface area contributed by atoms with Crippen molar-refractivity contribution in [3.8, 4) is 17.1 Å². The fourth-order valence-corrected chi connectivity index (χ4v) is 4.98. The first-order valence-electron chi connectivity index (χ1n) is 10.4. The lowest BCUT2D eigenvalue weighted by molar-refractivity contribution is -0.0530. The van der Waals surface area contributed by atoms with Crippen LogP contribution >= 0.6 is 0 Å². The molecule has 1 saturated carbocycles. The average Bonchev–Trinajstić information content (AvgIpc) is 3.40. The SMILES string of the molecule is COc1cc(-c2nc(N3CC4CC3C4)c3nc4n(c3n2)CCOC4(C)C)cnc1N. The van der Waals surface area contributed by atoms with Crippen molar-refractivity contribution in [2.45, 2.75) is 44.9 Å². The first-order chi connectivity index (χ1) is 14.4. The van der Waals surface area contributed by atoms with E-state index >= 15 is 0 Å². The van der Waals surface area contributed by atoms with Gasteiger partial charge in [0.25, 0.3) is 0 Å². The zero-order chi connectivity index (χ0) is 20.6. The summed E-state index contributed by atoms with van der Waals surface area (Å²) in [5.74, 6) is 4.05. The van der Waals surface area contributed by atoms with E-state index in [9.17, 15) is 0 Å². The Hall–Kier alpha value is -2.94. The summed E-state index contributed by atoms with van der Waals surface area (Å²) >= 11 is 0. The molecule has 2 bridgehead atoms. The summed E-state index contributed by atoms with van der Waals surface area (Å²) in [7, 11) is 1.58. The third kappa shape index (κ3) is 2.44. The summed E-state index contributed by atoms with van der Waals surface area (Å²) in [6, 6.07) is 2.39. The van der Waals surface area contributed by atoms with Crippen molar-refractivity contribution < 1.29 is 9.47 Å². The Balaban J connectivity index is 1.59. The Morgan fingerprint density at radius 2 is 2.07 bits per heavy atom. The van der Waals surface area contributed by atoms with Crippen LogP contribution in [0.25, 0.3) is 22.6 Å². The van der Waals surface area contributed by atoms with Gasteiger partial charge < -0.3 is 24.7 Å². The van der Waals surface area contributed by atoms with Crippen LogP contribution in [0.1, 0.15) is 32.5 Å². The van der Waals surface area contributed by atoms with E-state index in [1.165, 1.54) is 12.8 Å². The monoisotopic (exact) mass is 407 g/mol. The molecule has 7 rings (SSSR count). The third-order valence-corrected chi connectivity index (χ3v) is 6.63. The molecule has 1 aliphatic carbocycles. The summed E-state index contributed by atoms with van der Waals surface area (Å²) in [6.45, 7) is 6.49. The van der Waals surface area contributed by atoms with Crippen molar-refractivity contribution in [1.29, 1.82) is 0 Å². The summed E-state index contributed by atoms with van der Waals surface area (Å²) < 4.78 is 13.5. The Bertz CT molecular complexity index is 1170. The van der Waals surface area contributed by atoms with E-state index in [-0.39, 0.29) is 0 Å². The number of ether oxygens (including phenoxy) is 2. The summed E-state index contributed by atoms with van der Waals surface area (Å²) in [4.78, 5) is 21.6. The predicted molar refractivity (Wildman–Crippen MR) is 112 cm³/mol. The maximum atomic E-state index is 5.99. The Morgan fingerprint density at radius 3 is 2.80 bits per heavy atom. The van der Waals surface area contributed by atoms with Crippen molar-refractivity contribution in [2.24, 2.45) is 5.92 Å². The van der Waals surface area contributed by atoms with Crippen LogP contribution in [-0.4, -0.2) is 50.8 Å². The second kappa shape index (κ2) is 6.04. The molecule has 3 aromatic rings. The quantitative estimate of drug-likeness (QED) is 0.705. The highest BCUT2D eigenvalue weighted by Crippen LogP contribution is 2.45. The lowest BCUT2D eigenvalue weighted by atomic mass is 9.86. The largest absolute Gasteiger partial charge is 0.493 e. The van der Waals surface area contributed by atoms with Gasteiger partial charge in [-0.1, -0.05) is 0 Å². The van der Waals surface area contributed by atoms with Gasteiger partial charge in [0.05, 0.1) is 13.7 Å². The number of aromatic nitrogens is 5. The molecule has 0 amide bonds. The van der Waals surface area contributed by atoms with Gasteiger partial charge in [-0.25, -0.2) is 19.9 Å². The van der Waals surface area contributed by atoms with E-state index < -0.39 is 5.60 Å². The number of hydrogen-bond acceptors (Lipinski definition) is 8. The molecule has 3 aromatic heterocycles. The molecule has 30 heavy (non-hydrogen) atoms. The van der Waals surface area contributed by atoms with Crippen LogP contribution in [0.4, 0.5) is 11.6 Å². The van der Waals surface area contributed by atoms with Gasteiger partial charge >= 0.3 is 0 Å². The number of pyridine rings is 1. The average molecular weight is 407 g/mol. The van der Waals surface area contributed by atoms with E-state index in [4.69, 9.17) is 30.2 Å². The van der Waals surface area contributed by atoms with Gasteiger partial charge in [0.2, 0.25) is 0 Å². The van der Waals surface area contributed by atoms with Crippen molar-refractivity contribution in [2.75, 3.05) is 30.9 Å². The molecule has 156 valence electrons. The van der Waals surface area contributed by atoms with E-state index in [0.29, 0.717) is 30.0 Å². The van der Waals surface area contributed by atoms with Crippen LogP contribution in [0.2, 0.25) is 0 Å². The lowest BCUT2D eigenvalue weighted by Gasteiger charge is -2.30. The lowest BCUT2D eigenvalue weighted by Crippen LogP contribution is -2.33. The predicted octanol–water partition coefficient (Wildman–Crippen LogP) is 2.34. The molecule has 6 heterocycles. The molecule has 0 aromatic carbocycles. The van der Waals surface area contributed by atoms with Crippen molar-refractivity contribution in [3.05, 3.63) is 18.1 Å². The van der Waals surface area contributed by atoms with Crippen molar-refractivity contribution >= 4 is 22.8 Å². The second-order valence-corrected chi connectivity index (χ2v) is 8.94. The molecule has 9 nitrogen and oxygen atoms in total. The minimum absolute atomic E-state index is 0.351. The number of imidazole rings is 1. The molecule has 0 unspecified atom stereocenters. The minimum Gasteiger partial charge on any atom is -0.493 e. The van der Waals surface area contributed by atoms with Gasteiger partial charge in [-0.2, -0.15) is 0 Å². The van der Waals surface area contributed by atoms with E-state index in [1.54, 1.807) is 13.3 Å². The number of nitrogens with zero attached hydrogens (tertiary/aromatic N) is 6. The van der Waals surface area contributed by atoms with Crippen LogP contribution in [0.15, 0.2) is 12.3 Å². The van der Waals surface area contributed by atoms with Crippen molar-refractivity contribution in [3.63, 3.8) is 0 Å². The van der Waals surface area contributed by atoms with Crippen LogP contribution in [0.5, 0.6) is 5.75 Å². The maximum Gasteiger partial charge on any atom is 0.166 e. The first kappa shape index (κ1) is 17.9. The van der Waals surface area contributed by atoms with Crippen LogP contribution < -0.4 is 15.4 Å². The molecule has 0 spiro atoms. The zero-order valence-electron chi connectivity index (χ0n) is 17.4. The Morgan fingerprint density at radius 1 is 1.23 bits per heavy atom. The van der Waals surface area contributed by atoms with Crippen molar-refractivity contribution in [1.82, 2.24) is 24.5 Å². The number of hydrogen-bond donors (Lipinski definition) is 1. The number of methoxy groups -OCH3 is 1. The molecule has 2 saturated heterocycles. The first-order valence-corrected chi connectivity index (χ1v) is 10.4. The highest BCUT2D eigenvalue weighted by Gasteiger charge is 2.45. The molecular weight excluding hydrogens is 382 g/mol. The molecule has 3 aliphatic heterocycles. The van der Waals surface area contributed by atoms with Crippen LogP contribution in [0, 0.1) is 5.92 Å². The number of rotatable bonds is 3. The molecule has 9 heteroatoms. The van der Waals surface area contributed by atoms with Crippen LogP contribution in [0.3, 0.4) is 0 Å². The zero-order valence-corrected chi connectivity index (χ0v) is 17.4. The van der Waals surface area contributed by atoms with Gasteiger partial charge in [-0.05, 0) is 38.7 Å². The standard InChI is InChI=1S/C21H25N7O2/c1-21(2)20-24-15-18(27(20)4-5-30-21)25-17(12-8-14(29-3)16(22)23-9-12)26-19(15)28-10-11-6-13(28)7-11/h8-9,11,13H,4-7,10H2,1-3H3,(H2,22,23). The van der Waals surface area contributed by atoms with Gasteiger partial charge in [-0.3, -0.25) is 0 Å². The van der Waals surface area contributed by atoms with Gasteiger partial charge in [-0.15, -0.1) is 0 Å². The number of anilines is 2. The third-order valence-electron chi connectivity index (χ3n) is 6.63. The number of nitrogens with two attached hydrogens (primary N) is 1. The molecule has 3 fully saturated rings. The second-order valence-electron chi connectivity index (χ2n) is 8.94. The Labute approximate surface area is 174 Å². The highest BCUT2D eigenvalue weighted by molar-refractivity contribution is 5.87. The number of fused-ring (bicyclic) bond motifs is 4. The molecule has 0 atom stereocenters. The summed E-state index contributed by atoms with van der Waals surface area (Å²) in [5, 5.41) is 0. The van der Waals surface area contributed by atoms with Gasteiger partial charge in [0, 0.05) is 30.9 Å². The molecule has 2 N–H and O–H groups in total. The molecule has 4 aliphatic rings. The van der Waals surface area contributed by atoms with E-state index in [2.05, 4.69) is 28.3 Å². The van der Waals surface area contributed by atoms with E-state index in [1.807, 2.05) is 6.07 Å². The fourth-order valence-electron chi connectivity index (χ4n) is 4.98. The number of nitrogen functional groups attached to an aromatic ring is 1. The highest BCUT2D eigenvalue weighted by atomic mass is 16.5. The van der Waals surface area contributed by atoms with Gasteiger partial charge in [0.15, 0.2) is 34.4 Å². The van der Waals surface area contributed by atoms with Crippen LogP contribution in [-0.2, 0) is 16.9 Å². The fraction of sp³-hybridized carbons (Fsp3) is 0.524. The summed E-state index contributed by atoms with van der Waals surface area (Å²) in [5.41, 5.74) is 7.93. The van der Waals surface area contributed by atoms with E-state index in [0.717, 1.165) is 47.4 Å². The van der Waals surface area contributed by atoms with Gasteiger partial charge in [0.1, 0.15) is 11.4 Å². The normalized spacial score (nSPS) is 24.0.